The number of likely N-dealkylation sites (N-methyl/N-ethyl adjacent to an activating group) is 1. The zero-order chi connectivity index (χ0) is 11.4. The monoisotopic (exact) mass is 221 g/mol. The van der Waals surface area contributed by atoms with E-state index in [4.69, 9.17) is 10.5 Å². The quantitative estimate of drug-likeness (QED) is 0.815. The van der Waals surface area contributed by atoms with Gasteiger partial charge in [-0.1, -0.05) is 6.07 Å². The number of nitrogens with two attached hydrogens (primary N) is 1. The molecule has 1 aromatic rings. The molecule has 4 nitrogen and oxygen atoms in total. The molecule has 2 rings (SSSR count). The lowest BCUT2D eigenvalue weighted by atomic mass is 10.1. The summed E-state index contributed by atoms with van der Waals surface area (Å²) in [6.07, 6.45) is 2.92. The average molecular weight is 221 g/mol. The highest BCUT2D eigenvalue weighted by atomic mass is 16.5. The number of nitrogens with zero attached hydrogens (tertiary/aromatic N) is 2. The summed E-state index contributed by atoms with van der Waals surface area (Å²) in [5.74, 6) is 0. The molecule has 1 aliphatic heterocycles. The van der Waals surface area contributed by atoms with Gasteiger partial charge in [-0.25, -0.2) is 0 Å². The molecule has 4 heteroatoms. The molecule has 1 atom stereocenters. The summed E-state index contributed by atoms with van der Waals surface area (Å²) in [7, 11) is 2.13. The van der Waals surface area contributed by atoms with Crippen LogP contribution in [0.2, 0.25) is 0 Å². The molecule has 1 saturated heterocycles. The summed E-state index contributed by atoms with van der Waals surface area (Å²) in [4.78, 5) is 6.62. The van der Waals surface area contributed by atoms with Gasteiger partial charge in [-0.05, 0) is 25.1 Å². The number of aromatic nitrogens is 1. The van der Waals surface area contributed by atoms with Crippen molar-refractivity contribution in [2.45, 2.75) is 25.6 Å². The van der Waals surface area contributed by atoms with Crippen molar-refractivity contribution in [3.05, 3.63) is 29.6 Å². The smallest absolute Gasteiger partial charge is 0.0622 e. The third kappa shape index (κ3) is 2.58. The van der Waals surface area contributed by atoms with Crippen LogP contribution in [0.15, 0.2) is 18.3 Å². The maximum atomic E-state index is 5.67. The first-order valence-corrected chi connectivity index (χ1v) is 5.72. The Morgan fingerprint density at radius 3 is 3.19 bits per heavy atom. The van der Waals surface area contributed by atoms with Crippen molar-refractivity contribution in [1.29, 1.82) is 0 Å². The summed E-state index contributed by atoms with van der Waals surface area (Å²) >= 11 is 0. The second-order valence-electron chi connectivity index (χ2n) is 4.25. The van der Waals surface area contributed by atoms with Gasteiger partial charge in [-0.15, -0.1) is 0 Å². The summed E-state index contributed by atoms with van der Waals surface area (Å²) < 4.78 is 5.39. The molecular formula is C12H19N3O. The van der Waals surface area contributed by atoms with Crippen LogP contribution in [-0.4, -0.2) is 36.2 Å². The third-order valence-electron chi connectivity index (χ3n) is 3.13. The second-order valence-corrected chi connectivity index (χ2v) is 4.25. The number of hydrogen-bond donors (Lipinski definition) is 1. The van der Waals surface area contributed by atoms with Crippen molar-refractivity contribution in [3.8, 4) is 0 Å². The molecule has 1 fully saturated rings. The van der Waals surface area contributed by atoms with Gasteiger partial charge in [0.2, 0.25) is 0 Å². The van der Waals surface area contributed by atoms with Gasteiger partial charge in [-0.3, -0.25) is 9.88 Å². The van der Waals surface area contributed by atoms with Gasteiger partial charge in [-0.2, -0.15) is 0 Å². The minimum absolute atomic E-state index is 0.505. The highest BCUT2D eigenvalue weighted by Crippen LogP contribution is 2.15. The van der Waals surface area contributed by atoms with Crippen LogP contribution in [0.25, 0.3) is 0 Å². The number of hydrogen-bond acceptors (Lipinski definition) is 4. The van der Waals surface area contributed by atoms with Gasteiger partial charge in [0.25, 0.3) is 0 Å². The predicted molar refractivity (Wildman–Crippen MR) is 62.8 cm³/mol. The van der Waals surface area contributed by atoms with Gasteiger partial charge >= 0.3 is 0 Å². The average Bonchev–Trinajstić information content (AvgIpc) is 2.83. The maximum absolute atomic E-state index is 5.67. The van der Waals surface area contributed by atoms with E-state index in [1.807, 2.05) is 6.07 Å². The topological polar surface area (TPSA) is 51.4 Å². The van der Waals surface area contributed by atoms with Crippen LogP contribution in [0, 0.1) is 0 Å². The van der Waals surface area contributed by atoms with E-state index in [1.165, 1.54) is 5.56 Å². The van der Waals surface area contributed by atoms with Crippen LogP contribution in [0.1, 0.15) is 17.7 Å². The van der Waals surface area contributed by atoms with Gasteiger partial charge in [0.15, 0.2) is 0 Å². The molecule has 2 heterocycles. The van der Waals surface area contributed by atoms with E-state index in [0.717, 1.165) is 31.9 Å². The van der Waals surface area contributed by atoms with Gasteiger partial charge < -0.3 is 10.5 Å². The largest absolute Gasteiger partial charge is 0.380 e. The van der Waals surface area contributed by atoms with E-state index in [1.54, 1.807) is 6.20 Å². The lowest BCUT2D eigenvalue weighted by Crippen LogP contribution is -2.31. The number of rotatable bonds is 4. The second kappa shape index (κ2) is 5.39. The molecule has 1 aliphatic rings. The lowest BCUT2D eigenvalue weighted by Gasteiger charge is -2.23. The normalized spacial score (nSPS) is 20.6. The van der Waals surface area contributed by atoms with E-state index in [0.29, 0.717) is 12.6 Å². The summed E-state index contributed by atoms with van der Waals surface area (Å²) in [6, 6.07) is 4.60. The van der Waals surface area contributed by atoms with E-state index in [-0.39, 0.29) is 0 Å². The predicted octanol–water partition coefficient (Wildman–Crippen LogP) is 0.761. The number of ether oxygens (including phenoxy) is 1. The molecular weight excluding hydrogens is 202 g/mol. The van der Waals surface area contributed by atoms with Crippen molar-refractivity contribution in [1.82, 2.24) is 9.88 Å². The van der Waals surface area contributed by atoms with Crippen molar-refractivity contribution < 1.29 is 4.74 Å². The Morgan fingerprint density at radius 2 is 2.50 bits per heavy atom. The molecule has 0 amide bonds. The highest BCUT2D eigenvalue weighted by molar-refractivity contribution is 5.19. The Balaban J connectivity index is 2.01. The molecule has 1 aromatic heterocycles. The molecule has 0 aromatic carbocycles. The van der Waals surface area contributed by atoms with Gasteiger partial charge in [0.05, 0.1) is 12.3 Å². The summed E-state index contributed by atoms with van der Waals surface area (Å²) in [5, 5.41) is 0. The van der Waals surface area contributed by atoms with Crippen molar-refractivity contribution in [2.24, 2.45) is 5.73 Å². The molecule has 1 unspecified atom stereocenters. The number of pyridine rings is 1. The van der Waals surface area contributed by atoms with Crippen molar-refractivity contribution >= 4 is 0 Å². The lowest BCUT2D eigenvalue weighted by molar-refractivity contribution is 0.156. The molecule has 0 aliphatic carbocycles. The zero-order valence-electron chi connectivity index (χ0n) is 9.72. The first-order valence-electron chi connectivity index (χ1n) is 5.72. The minimum atomic E-state index is 0.505. The summed E-state index contributed by atoms with van der Waals surface area (Å²) in [5.41, 5.74) is 7.89. The van der Waals surface area contributed by atoms with E-state index >= 15 is 0 Å². The van der Waals surface area contributed by atoms with Crippen LogP contribution in [0.4, 0.5) is 0 Å². The van der Waals surface area contributed by atoms with Crippen LogP contribution < -0.4 is 5.73 Å². The van der Waals surface area contributed by atoms with Gasteiger partial charge in [0.1, 0.15) is 0 Å². The molecule has 0 spiro atoms. The van der Waals surface area contributed by atoms with Crippen LogP contribution in [0.5, 0.6) is 0 Å². The van der Waals surface area contributed by atoms with Crippen molar-refractivity contribution in [3.63, 3.8) is 0 Å². The zero-order valence-corrected chi connectivity index (χ0v) is 9.72. The van der Waals surface area contributed by atoms with E-state index in [9.17, 15) is 0 Å². The van der Waals surface area contributed by atoms with E-state index < -0.39 is 0 Å². The van der Waals surface area contributed by atoms with Gasteiger partial charge in [0, 0.05) is 31.9 Å². The SMILES string of the molecule is CN(Cc1cccnc1CN)C1CCOC1. The van der Waals surface area contributed by atoms with Crippen LogP contribution >= 0.6 is 0 Å². The standard InChI is InChI=1S/C12H19N3O/c1-15(11-4-6-16-9-11)8-10-3-2-5-14-12(10)7-13/h2-3,5,11H,4,6-9,13H2,1H3. The Labute approximate surface area is 96.4 Å². The van der Waals surface area contributed by atoms with Crippen LogP contribution in [-0.2, 0) is 17.8 Å². The minimum Gasteiger partial charge on any atom is -0.380 e. The third-order valence-corrected chi connectivity index (χ3v) is 3.13. The van der Waals surface area contributed by atoms with Crippen molar-refractivity contribution in [2.75, 3.05) is 20.3 Å². The summed E-state index contributed by atoms with van der Waals surface area (Å²) in [6.45, 7) is 3.13. The first kappa shape index (κ1) is 11.5. The molecule has 0 radical (unpaired) electrons. The van der Waals surface area contributed by atoms with Crippen LogP contribution in [0.3, 0.4) is 0 Å². The molecule has 16 heavy (non-hydrogen) atoms. The molecule has 0 bridgehead atoms. The fourth-order valence-corrected chi connectivity index (χ4v) is 2.07. The fraction of sp³-hybridized carbons (Fsp3) is 0.583. The Hall–Kier alpha value is -0.970. The fourth-order valence-electron chi connectivity index (χ4n) is 2.07. The molecule has 0 saturated carbocycles. The highest BCUT2D eigenvalue weighted by Gasteiger charge is 2.20. The van der Waals surface area contributed by atoms with E-state index in [2.05, 4.69) is 23.0 Å². The Kier molecular flexibility index (Phi) is 3.88. The molecule has 88 valence electrons. The maximum Gasteiger partial charge on any atom is 0.0622 e. The first-order chi connectivity index (χ1) is 7.81. The Morgan fingerprint density at radius 1 is 1.62 bits per heavy atom. The molecule has 2 N–H and O–H groups in total. The Bertz CT molecular complexity index is 337.